The monoisotopic (exact) mass is 582 g/mol. The fraction of sp³-hybridized carbons (Fsp3) is 0.533. The molecule has 4 saturated heterocycles. The van der Waals surface area contributed by atoms with Gasteiger partial charge in [-0.3, -0.25) is 19.7 Å². The molecule has 0 unspecified atom stereocenters. The van der Waals surface area contributed by atoms with Crippen LogP contribution in [0.15, 0.2) is 36.4 Å². The van der Waals surface area contributed by atoms with Crippen molar-refractivity contribution in [2.75, 3.05) is 82.1 Å². The van der Waals surface area contributed by atoms with Gasteiger partial charge in [0.1, 0.15) is 5.75 Å². The van der Waals surface area contributed by atoms with Gasteiger partial charge >= 0.3 is 5.69 Å². The Balaban J connectivity index is 0.000000193. The van der Waals surface area contributed by atoms with E-state index in [1.807, 2.05) is 28.0 Å². The van der Waals surface area contributed by atoms with E-state index < -0.39 is 4.92 Å². The number of nitrogen functional groups attached to an aromatic ring is 1. The molecule has 2 aromatic rings. The van der Waals surface area contributed by atoms with Crippen LogP contribution in [0.1, 0.15) is 15.3 Å². The van der Waals surface area contributed by atoms with Gasteiger partial charge in [-0.2, -0.15) is 0 Å². The summed E-state index contributed by atoms with van der Waals surface area (Å²) in [5.74, 6) is 3.47. The van der Waals surface area contributed by atoms with Crippen molar-refractivity contribution in [2.24, 2.45) is 23.7 Å². The van der Waals surface area contributed by atoms with Crippen molar-refractivity contribution in [1.29, 1.82) is 0 Å². The first-order valence-corrected chi connectivity index (χ1v) is 14.3. The van der Waals surface area contributed by atoms with Crippen LogP contribution in [0.3, 0.4) is 0 Å². The highest BCUT2D eigenvalue weighted by Crippen LogP contribution is 2.38. The number of hydrogen-bond donors (Lipinski definition) is 1. The molecule has 2 aromatic carbocycles. The molecule has 42 heavy (non-hydrogen) atoms. The van der Waals surface area contributed by atoms with Crippen LogP contribution in [0, 0.1) is 33.8 Å². The summed E-state index contributed by atoms with van der Waals surface area (Å²) >= 11 is 0. The maximum atomic E-state index is 11.4. The van der Waals surface area contributed by atoms with Gasteiger partial charge in [0, 0.05) is 121 Å². The third-order valence-electron chi connectivity index (χ3n) is 9.17. The second-order valence-corrected chi connectivity index (χ2v) is 11.7. The number of nitrogens with zero attached hydrogens (tertiary/aromatic N) is 5. The third kappa shape index (κ3) is 5.88. The van der Waals surface area contributed by atoms with Gasteiger partial charge in [-0.15, -0.1) is 0 Å². The lowest BCUT2D eigenvalue weighted by atomic mass is 10.0. The molecule has 2 amide bonds. The number of carbonyl (C=O) groups excluding carboxylic acids is 2. The van der Waals surface area contributed by atoms with E-state index in [4.69, 9.17) is 15.2 Å². The number of nitro benzene ring substituents is 1. The summed E-state index contributed by atoms with van der Waals surface area (Å²) in [4.78, 5) is 41.9. The van der Waals surface area contributed by atoms with E-state index in [1.54, 1.807) is 33.1 Å². The predicted octanol–water partition coefficient (Wildman–Crippen LogP) is 2.96. The molecule has 0 radical (unpaired) electrons. The van der Waals surface area contributed by atoms with Gasteiger partial charge in [-0.25, -0.2) is 0 Å². The lowest BCUT2D eigenvalue weighted by molar-refractivity contribution is -0.385. The summed E-state index contributed by atoms with van der Waals surface area (Å²) < 4.78 is 10.4. The van der Waals surface area contributed by atoms with Crippen LogP contribution >= 0.6 is 0 Å². The summed E-state index contributed by atoms with van der Waals surface area (Å²) in [6, 6.07) is 10.9. The first-order chi connectivity index (χ1) is 20.1. The summed E-state index contributed by atoms with van der Waals surface area (Å²) in [5.41, 5.74) is 8.59. The molecule has 0 spiro atoms. The maximum absolute atomic E-state index is 11.4. The quantitative estimate of drug-likeness (QED) is 0.321. The van der Waals surface area contributed by atoms with E-state index in [9.17, 15) is 19.7 Å². The fourth-order valence-corrected chi connectivity index (χ4v) is 6.83. The molecule has 0 aromatic heterocycles. The Bertz CT molecular complexity index is 1330. The van der Waals surface area contributed by atoms with E-state index in [0.29, 0.717) is 29.4 Å². The van der Waals surface area contributed by atoms with Crippen molar-refractivity contribution < 1.29 is 25.4 Å². The maximum Gasteiger partial charge on any atom is 0.311 e. The first-order valence-electron chi connectivity index (χ1n) is 14.3. The van der Waals surface area contributed by atoms with E-state index in [-0.39, 0.29) is 24.7 Å². The number of benzene rings is 2. The van der Waals surface area contributed by atoms with Crippen molar-refractivity contribution in [3.05, 3.63) is 46.5 Å². The molecule has 2 N–H and O–H groups in total. The van der Waals surface area contributed by atoms with Gasteiger partial charge in [0.25, 0.3) is 0 Å². The van der Waals surface area contributed by atoms with E-state index in [2.05, 4.69) is 9.80 Å². The lowest BCUT2D eigenvalue weighted by Gasteiger charge is -2.23. The Hall–Kier alpha value is -4.22. The molecule has 4 fully saturated rings. The third-order valence-corrected chi connectivity index (χ3v) is 9.17. The fourth-order valence-electron chi connectivity index (χ4n) is 6.83. The zero-order chi connectivity index (χ0) is 30.1. The Morgan fingerprint density at radius 3 is 1.55 bits per heavy atom. The summed E-state index contributed by atoms with van der Waals surface area (Å²) in [5, 5.41) is 10.9. The molecule has 6 rings (SSSR count). The van der Waals surface area contributed by atoms with Crippen LogP contribution in [-0.4, -0.2) is 93.1 Å². The van der Waals surface area contributed by atoms with Gasteiger partial charge in [-0.05, 0) is 18.2 Å². The van der Waals surface area contributed by atoms with Crippen LogP contribution < -0.4 is 25.0 Å². The SMILES string of the molecule is COc1cc(N2C[C@H]3CN(C(C)=O)C[C@H]3C2)ccc1N.COc1cc(N2C[C@H]3CN(C(C)=O)C[C@H]3C2)ccc1[N+](=O)[O-].[HH]. The number of anilines is 3. The van der Waals surface area contributed by atoms with Crippen molar-refractivity contribution in [1.82, 2.24) is 9.80 Å². The van der Waals surface area contributed by atoms with Crippen LogP contribution in [0.25, 0.3) is 0 Å². The molecule has 0 aliphatic carbocycles. The average molecular weight is 583 g/mol. The van der Waals surface area contributed by atoms with Crippen molar-refractivity contribution in [3.8, 4) is 11.5 Å². The molecule has 0 saturated carbocycles. The Kier molecular flexibility index (Phi) is 8.33. The Labute approximate surface area is 247 Å². The van der Waals surface area contributed by atoms with E-state index >= 15 is 0 Å². The van der Waals surface area contributed by atoms with Gasteiger partial charge in [-0.1, -0.05) is 0 Å². The van der Waals surface area contributed by atoms with Gasteiger partial charge in [0.2, 0.25) is 11.8 Å². The summed E-state index contributed by atoms with van der Waals surface area (Å²) in [7, 11) is 3.08. The highest BCUT2D eigenvalue weighted by Gasteiger charge is 2.42. The second-order valence-electron chi connectivity index (χ2n) is 11.7. The minimum Gasteiger partial charge on any atom is -0.495 e. The highest BCUT2D eigenvalue weighted by atomic mass is 16.6. The number of likely N-dealkylation sites (tertiary alicyclic amines) is 2. The lowest BCUT2D eigenvalue weighted by Crippen LogP contribution is -2.31. The Morgan fingerprint density at radius 2 is 1.17 bits per heavy atom. The minimum atomic E-state index is -0.438. The van der Waals surface area contributed by atoms with Crippen molar-refractivity contribution in [2.45, 2.75) is 13.8 Å². The minimum absolute atomic E-state index is 0. The number of fused-ring (bicyclic) bond motifs is 2. The van der Waals surface area contributed by atoms with E-state index in [0.717, 1.165) is 69.5 Å². The number of carbonyl (C=O) groups is 2. The second kappa shape index (κ2) is 11.9. The summed E-state index contributed by atoms with van der Waals surface area (Å²) in [6.07, 6.45) is 0. The topological polar surface area (TPSA) is 135 Å². The molecule has 12 nitrogen and oxygen atoms in total. The Morgan fingerprint density at radius 1 is 0.762 bits per heavy atom. The number of nitro groups is 1. The highest BCUT2D eigenvalue weighted by molar-refractivity contribution is 5.74. The first kappa shape index (κ1) is 29.3. The molecular weight excluding hydrogens is 540 g/mol. The molecule has 0 bridgehead atoms. The average Bonchev–Trinajstić information content (AvgIpc) is 3.72. The van der Waals surface area contributed by atoms with Crippen LogP contribution in [0.4, 0.5) is 22.7 Å². The number of nitrogens with two attached hydrogens (primary N) is 1. The van der Waals surface area contributed by atoms with Crippen LogP contribution in [-0.2, 0) is 9.59 Å². The number of ether oxygens (including phenoxy) is 2. The van der Waals surface area contributed by atoms with Gasteiger partial charge < -0.3 is 34.8 Å². The standard InChI is InChI=1S/C15H19N3O4.C15H21N3O2.H2/c1-10(19)16-6-11-8-17(9-12(11)7-16)13-3-4-14(18(20)21)15(5-13)22-2;1-10(19)17-6-11-8-18(9-12(11)7-17)13-3-4-14(16)15(5-13)20-2;/h3-5,11-12H,6-9H2,1-2H3;3-5,11-12H,6-9,16H2,1-2H3;1H/t2*11-,12+;. The zero-order valence-electron chi connectivity index (χ0n) is 24.7. The van der Waals surface area contributed by atoms with Crippen molar-refractivity contribution in [3.63, 3.8) is 0 Å². The largest absolute Gasteiger partial charge is 0.495 e. The molecule has 4 aliphatic heterocycles. The van der Waals surface area contributed by atoms with Crippen LogP contribution in [0.5, 0.6) is 11.5 Å². The normalized spacial score (nSPS) is 24.2. The number of amides is 2. The van der Waals surface area contributed by atoms with Crippen molar-refractivity contribution >= 4 is 34.6 Å². The van der Waals surface area contributed by atoms with Gasteiger partial charge in [0.15, 0.2) is 5.75 Å². The number of hydrogen-bond acceptors (Lipinski definition) is 9. The smallest absolute Gasteiger partial charge is 0.311 e. The molecular formula is C30H42N6O6. The molecule has 4 aliphatic rings. The summed E-state index contributed by atoms with van der Waals surface area (Å²) in [6.45, 7) is 10.4. The van der Waals surface area contributed by atoms with Gasteiger partial charge in [0.05, 0.1) is 24.8 Å². The predicted molar refractivity (Wildman–Crippen MR) is 162 cm³/mol. The van der Waals surface area contributed by atoms with Crippen LogP contribution in [0.2, 0.25) is 0 Å². The van der Waals surface area contributed by atoms with E-state index in [1.165, 1.54) is 13.2 Å². The number of rotatable bonds is 5. The number of methoxy groups -OCH3 is 2. The molecule has 4 atom stereocenters. The molecule has 4 heterocycles. The molecule has 228 valence electrons. The zero-order valence-corrected chi connectivity index (χ0v) is 24.7. The molecule has 12 heteroatoms.